The van der Waals surface area contributed by atoms with Gasteiger partial charge in [0.15, 0.2) is 0 Å². The Morgan fingerprint density at radius 1 is 0.517 bits per heavy atom. The van der Waals surface area contributed by atoms with Crippen molar-refractivity contribution >= 4 is 11.9 Å². The second-order valence-corrected chi connectivity index (χ2v) is 16.0. The maximum atomic E-state index is 13.1. The molecule has 0 aliphatic rings. The number of allylic oxidation sites excluding steroid dienone is 17. The summed E-state index contributed by atoms with van der Waals surface area (Å²) in [6, 6.07) is -0.750. The highest BCUT2D eigenvalue weighted by Gasteiger charge is 2.23. The van der Waals surface area contributed by atoms with E-state index in [4.69, 9.17) is 4.74 Å². The second kappa shape index (κ2) is 46.6. The summed E-state index contributed by atoms with van der Waals surface area (Å²) in [6.45, 7) is 6.23. The predicted octanol–water partition coefficient (Wildman–Crippen LogP) is 14.3. The van der Waals surface area contributed by atoms with Crippen LogP contribution in [0.4, 0.5) is 0 Å². The molecule has 0 heterocycles. The zero-order chi connectivity index (χ0) is 43.8. The normalized spacial score (nSPS) is 14.3. The number of carbonyl (C=O) groups is 2. The van der Waals surface area contributed by atoms with Gasteiger partial charge < -0.3 is 20.3 Å². The molecule has 0 aliphatic heterocycles. The fraction of sp³-hybridized carbons (Fsp3) is 0.630. The maximum absolute atomic E-state index is 13.1. The van der Waals surface area contributed by atoms with Crippen LogP contribution < -0.4 is 5.32 Å². The minimum absolute atomic E-state index is 0.0350. The third-order valence-corrected chi connectivity index (χ3v) is 10.3. The van der Waals surface area contributed by atoms with Crippen LogP contribution in [0.3, 0.4) is 0 Å². The van der Waals surface area contributed by atoms with Gasteiger partial charge in [0.25, 0.3) is 0 Å². The number of hydrogen-bond acceptors (Lipinski definition) is 5. The number of amides is 1. The Bertz CT molecular complexity index is 1250. The van der Waals surface area contributed by atoms with Gasteiger partial charge in [0.1, 0.15) is 6.10 Å². The first-order chi connectivity index (χ1) is 29.5. The first-order valence-corrected chi connectivity index (χ1v) is 24.2. The molecule has 0 fully saturated rings. The molecule has 6 nitrogen and oxygen atoms in total. The summed E-state index contributed by atoms with van der Waals surface area (Å²) in [5.41, 5.74) is 0. The zero-order valence-corrected chi connectivity index (χ0v) is 38.5. The summed E-state index contributed by atoms with van der Waals surface area (Å²) in [6.07, 6.45) is 63.1. The van der Waals surface area contributed by atoms with E-state index in [0.717, 1.165) is 70.6 Å². The SMILES string of the molecule is CC/C=C/C=C/C=C\C=C/C=C/CC(CC(=O)NC(CO)C(O)CCCCCCCCCCCCCC)OC(=O)CCCCCCC/C=C/C=C/C=C/C=C/CCCCC. The predicted molar refractivity (Wildman–Crippen MR) is 259 cm³/mol. The van der Waals surface area contributed by atoms with E-state index in [1.54, 1.807) is 0 Å². The van der Waals surface area contributed by atoms with E-state index < -0.39 is 18.2 Å². The average Bonchev–Trinajstić information content (AvgIpc) is 3.24. The lowest BCUT2D eigenvalue weighted by molar-refractivity contribution is -0.150. The van der Waals surface area contributed by atoms with Crippen LogP contribution in [-0.2, 0) is 14.3 Å². The van der Waals surface area contributed by atoms with Crippen molar-refractivity contribution in [3.8, 4) is 0 Å². The van der Waals surface area contributed by atoms with Crippen molar-refractivity contribution in [2.75, 3.05) is 6.61 Å². The molecule has 6 heteroatoms. The molecule has 1 amide bonds. The molecule has 3 atom stereocenters. The van der Waals surface area contributed by atoms with E-state index in [1.165, 1.54) is 77.0 Å². The Morgan fingerprint density at radius 3 is 1.45 bits per heavy atom. The molecule has 340 valence electrons. The van der Waals surface area contributed by atoms with E-state index in [0.29, 0.717) is 19.3 Å². The fourth-order valence-corrected chi connectivity index (χ4v) is 6.64. The molecule has 60 heavy (non-hydrogen) atoms. The third-order valence-electron chi connectivity index (χ3n) is 10.3. The lowest BCUT2D eigenvalue weighted by Crippen LogP contribution is -2.46. The van der Waals surface area contributed by atoms with Gasteiger partial charge >= 0.3 is 5.97 Å². The Hall–Kier alpha value is -3.48. The Kier molecular flexibility index (Phi) is 43.9. The molecule has 0 aromatic carbocycles. The van der Waals surface area contributed by atoms with Gasteiger partial charge in [0.2, 0.25) is 5.91 Å². The third kappa shape index (κ3) is 41.3. The molecule has 0 bridgehead atoms. The summed E-state index contributed by atoms with van der Waals surface area (Å²) >= 11 is 0. The molecule has 0 radical (unpaired) electrons. The quantitative estimate of drug-likeness (QED) is 0.0324. The molecule has 3 unspecified atom stereocenters. The van der Waals surface area contributed by atoms with E-state index in [-0.39, 0.29) is 24.9 Å². The van der Waals surface area contributed by atoms with E-state index in [1.807, 2.05) is 54.7 Å². The summed E-state index contributed by atoms with van der Waals surface area (Å²) in [5.74, 6) is -0.646. The van der Waals surface area contributed by atoms with Crippen LogP contribution in [0.2, 0.25) is 0 Å². The minimum Gasteiger partial charge on any atom is -0.461 e. The highest BCUT2D eigenvalue weighted by atomic mass is 16.5. The van der Waals surface area contributed by atoms with E-state index in [2.05, 4.69) is 80.8 Å². The van der Waals surface area contributed by atoms with Crippen LogP contribution in [0.5, 0.6) is 0 Å². The van der Waals surface area contributed by atoms with E-state index >= 15 is 0 Å². The topological polar surface area (TPSA) is 95.9 Å². The van der Waals surface area contributed by atoms with Gasteiger partial charge in [-0.15, -0.1) is 0 Å². The lowest BCUT2D eigenvalue weighted by atomic mass is 10.0. The first kappa shape index (κ1) is 56.5. The minimum atomic E-state index is -0.827. The van der Waals surface area contributed by atoms with Crippen LogP contribution >= 0.6 is 0 Å². The van der Waals surface area contributed by atoms with Gasteiger partial charge in [-0.2, -0.15) is 0 Å². The number of ether oxygens (including phenoxy) is 1. The summed E-state index contributed by atoms with van der Waals surface area (Å²) < 4.78 is 5.82. The number of aliphatic hydroxyl groups is 2. The molecule has 0 aromatic rings. The van der Waals surface area contributed by atoms with Crippen LogP contribution in [0, 0.1) is 0 Å². The molecular weight excluding hydrogens is 743 g/mol. The van der Waals surface area contributed by atoms with Crippen LogP contribution in [0.1, 0.15) is 194 Å². The number of hydrogen-bond donors (Lipinski definition) is 3. The standard InChI is InChI=1S/C54H89NO5/c1-4-7-10-13-16-19-22-24-25-26-27-28-29-32-35-38-41-44-47-54(59)60-50(45-42-39-36-33-30-21-18-15-12-9-6-3)48-53(58)55-51(49-56)52(57)46-43-40-37-34-31-23-20-17-14-11-8-5-2/h9,12,15-16,18-19,21-22,24-28,30,33,36,39,42,50-52,56-57H,4-8,10-11,13-14,17,20,23,29,31-32,34-35,37-38,40-41,43-49H2,1-3H3,(H,55,58)/b12-9+,18-15+,19-16+,24-22+,26-25+,28-27+,30-21-,36-33-,42-39+. The fourth-order valence-electron chi connectivity index (χ4n) is 6.64. The lowest BCUT2D eigenvalue weighted by Gasteiger charge is -2.24. The van der Waals surface area contributed by atoms with Crippen molar-refractivity contribution in [2.45, 2.75) is 212 Å². The van der Waals surface area contributed by atoms with Gasteiger partial charge in [-0.1, -0.05) is 239 Å². The Labute approximate surface area is 368 Å². The van der Waals surface area contributed by atoms with Crippen LogP contribution in [0.25, 0.3) is 0 Å². The Balaban J connectivity index is 4.74. The molecule has 0 saturated carbocycles. The molecular formula is C54H89NO5. The molecule has 3 N–H and O–H groups in total. The molecule has 0 aromatic heterocycles. The second-order valence-electron chi connectivity index (χ2n) is 16.0. The number of carbonyl (C=O) groups excluding carboxylic acids is 2. The zero-order valence-electron chi connectivity index (χ0n) is 38.5. The first-order valence-electron chi connectivity index (χ1n) is 24.2. The average molecular weight is 832 g/mol. The molecule has 0 saturated heterocycles. The van der Waals surface area contributed by atoms with E-state index in [9.17, 15) is 19.8 Å². The number of nitrogens with one attached hydrogen (secondary N) is 1. The Morgan fingerprint density at radius 2 is 0.933 bits per heavy atom. The highest BCUT2D eigenvalue weighted by molar-refractivity contribution is 5.77. The molecule has 0 aliphatic carbocycles. The van der Waals surface area contributed by atoms with Crippen molar-refractivity contribution < 1.29 is 24.5 Å². The van der Waals surface area contributed by atoms with Crippen molar-refractivity contribution in [3.05, 3.63) is 109 Å². The number of rotatable bonds is 41. The van der Waals surface area contributed by atoms with Crippen LogP contribution in [-0.4, -0.2) is 46.9 Å². The van der Waals surface area contributed by atoms with Gasteiger partial charge in [0.05, 0.1) is 25.2 Å². The summed E-state index contributed by atoms with van der Waals surface area (Å²) in [4.78, 5) is 26.0. The van der Waals surface area contributed by atoms with Gasteiger partial charge in [-0.25, -0.2) is 0 Å². The van der Waals surface area contributed by atoms with Crippen LogP contribution in [0.15, 0.2) is 109 Å². The number of esters is 1. The number of aliphatic hydroxyl groups excluding tert-OH is 2. The summed E-state index contributed by atoms with van der Waals surface area (Å²) in [7, 11) is 0. The van der Waals surface area contributed by atoms with Gasteiger partial charge in [-0.3, -0.25) is 9.59 Å². The summed E-state index contributed by atoms with van der Waals surface area (Å²) in [5, 5.41) is 23.6. The van der Waals surface area contributed by atoms with Gasteiger partial charge in [0, 0.05) is 12.8 Å². The molecule has 0 rings (SSSR count). The van der Waals surface area contributed by atoms with Crippen molar-refractivity contribution in [1.82, 2.24) is 5.32 Å². The van der Waals surface area contributed by atoms with Crippen molar-refractivity contribution in [3.63, 3.8) is 0 Å². The largest absolute Gasteiger partial charge is 0.461 e. The van der Waals surface area contributed by atoms with Gasteiger partial charge in [-0.05, 0) is 44.9 Å². The monoisotopic (exact) mass is 832 g/mol. The molecule has 0 spiro atoms. The van der Waals surface area contributed by atoms with Crippen molar-refractivity contribution in [2.24, 2.45) is 0 Å². The van der Waals surface area contributed by atoms with Crippen molar-refractivity contribution in [1.29, 1.82) is 0 Å². The number of unbranched alkanes of at least 4 members (excludes halogenated alkanes) is 19. The highest BCUT2D eigenvalue weighted by Crippen LogP contribution is 2.15. The maximum Gasteiger partial charge on any atom is 0.306 e. The smallest absolute Gasteiger partial charge is 0.306 e.